The minimum atomic E-state index is -0.213. The molecule has 0 aliphatic carbocycles. The molecule has 0 saturated carbocycles. The van der Waals surface area contributed by atoms with Crippen molar-refractivity contribution in [2.24, 2.45) is 0 Å². The quantitative estimate of drug-likeness (QED) is 0.540. The Morgan fingerprint density at radius 1 is 1.08 bits per heavy atom. The van der Waals surface area contributed by atoms with Crippen molar-refractivity contribution in [1.82, 2.24) is 20.0 Å². The molecule has 2 atom stereocenters. The summed E-state index contributed by atoms with van der Waals surface area (Å²) >= 11 is 0. The van der Waals surface area contributed by atoms with Crippen molar-refractivity contribution >= 4 is 12.1 Å². The zero-order valence-corrected chi connectivity index (χ0v) is 7.81. The number of amides is 4. The minimum Gasteiger partial charge on any atom is -0.314 e. The standard InChI is InChI=1S/C7H12N4O2/c1-9-4-5(11(3)7(9)13)10(2)6(12)8-4/h4-5H,1-3H3,(H,8,12)/t4-,5-/m1/s1. The van der Waals surface area contributed by atoms with Crippen LogP contribution < -0.4 is 5.32 Å². The first-order chi connectivity index (χ1) is 6.04. The van der Waals surface area contributed by atoms with Gasteiger partial charge in [-0.15, -0.1) is 0 Å². The smallest absolute Gasteiger partial charge is 0.314 e. The van der Waals surface area contributed by atoms with E-state index < -0.39 is 0 Å². The largest absolute Gasteiger partial charge is 0.323 e. The number of urea groups is 2. The number of carbonyl (C=O) groups excluding carboxylic acids is 2. The van der Waals surface area contributed by atoms with E-state index >= 15 is 0 Å². The number of rotatable bonds is 0. The minimum absolute atomic E-state index is 0.0677. The molecular formula is C7H12N4O2. The maximum absolute atomic E-state index is 11.4. The average Bonchev–Trinajstić information content (AvgIpc) is 2.48. The lowest BCUT2D eigenvalue weighted by molar-refractivity contribution is 0.161. The van der Waals surface area contributed by atoms with Gasteiger partial charge in [0.1, 0.15) is 12.3 Å². The number of fused-ring (bicyclic) bond motifs is 1. The zero-order chi connectivity index (χ0) is 9.75. The summed E-state index contributed by atoms with van der Waals surface area (Å²) in [6.07, 6.45) is -0.389. The Kier molecular flexibility index (Phi) is 1.43. The van der Waals surface area contributed by atoms with Crippen LogP contribution >= 0.6 is 0 Å². The summed E-state index contributed by atoms with van der Waals surface area (Å²) in [5, 5.41) is 2.73. The lowest BCUT2D eigenvalue weighted by atomic mass is 10.4. The van der Waals surface area contributed by atoms with Crippen LogP contribution in [0.2, 0.25) is 0 Å². The van der Waals surface area contributed by atoms with Crippen LogP contribution in [0.5, 0.6) is 0 Å². The molecule has 0 aromatic heterocycles. The topological polar surface area (TPSA) is 55.9 Å². The van der Waals surface area contributed by atoms with Crippen molar-refractivity contribution in [3.63, 3.8) is 0 Å². The number of nitrogens with zero attached hydrogens (tertiary/aromatic N) is 3. The highest BCUT2D eigenvalue weighted by Crippen LogP contribution is 2.24. The van der Waals surface area contributed by atoms with Crippen molar-refractivity contribution in [2.45, 2.75) is 12.3 Å². The van der Waals surface area contributed by atoms with E-state index in [1.54, 1.807) is 26.0 Å². The Hall–Kier alpha value is -1.46. The maximum atomic E-state index is 11.4. The van der Waals surface area contributed by atoms with Crippen LogP contribution in [-0.4, -0.2) is 60.2 Å². The van der Waals surface area contributed by atoms with Crippen molar-refractivity contribution in [3.8, 4) is 0 Å². The zero-order valence-electron chi connectivity index (χ0n) is 7.81. The van der Waals surface area contributed by atoms with Crippen molar-refractivity contribution in [2.75, 3.05) is 21.1 Å². The fourth-order valence-electron chi connectivity index (χ4n) is 1.88. The molecule has 2 fully saturated rings. The summed E-state index contributed by atoms with van der Waals surface area (Å²) in [7, 11) is 5.06. The molecule has 13 heavy (non-hydrogen) atoms. The molecule has 6 nitrogen and oxygen atoms in total. The third-order valence-corrected chi connectivity index (χ3v) is 2.69. The summed E-state index contributed by atoms with van der Waals surface area (Å²) < 4.78 is 0. The highest BCUT2D eigenvalue weighted by molar-refractivity contribution is 5.84. The first kappa shape index (κ1) is 8.15. The lowest BCUT2D eigenvalue weighted by Gasteiger charge is -2.22. The molecule has 4 amide bonds. The first-order valence-electron chi connectivity index (χ1n) is 4.07. The van der Waals surface area contributed by atoms with E-state index in [2.05, 4.69) is 5.32 Å². The Morgan fingerprint density at radius 3 is 2.23 bits per heavy atom. The van der Waals surface area contributed by atoms with Crippen LogP contribution in [0.25, 0.3) is 0 Å². The average molecular weight is 184 g/mol. The number of hydrogen-bond acceptors (Lipinski definition) is 2. The highest BCUT2D eigenvalue weighted by atomic mass is 16.2. The van der Waals surface area contributed by atoms with Crippen LogP contribution in [0.1, 0.15) is 0 Å². The molecular weight excluding hydrogens is 172 g/mol. The van der Waals surface area contributed by atoms with Crippen LogP contribution in [0, 0.1) is 0 Å². The van der Waals surface area contributed by atoms with Gasteiger partial charge in [-0.2, -0.15) is 0 Å². The lowest BCUT2D eigenvalue weighted by Crippen LogP contribution is -2.42. The molecule has 6 heteroatoms. The van der Waals surface area contributed by atoms with Gasteiger partial charge in [0.2, 0.25) is 0 Å². The van der Waals surface area contributed by atoms with Gasteiger partial charge in [0.05, 0.1) is 0 Å². The number of likely N-dealkylation sites (N-methyl/N-ethyl adjacent to an activating group) is 3. The van der Waals surface area contributed by atoms with Gasteiger partial charge in [-0.3, -0.25) is 0 Å². The molecule has 0 radical (unpaired) electrons. The van der Waals surface area contributed by atoms with E-state index in [9.17, 15) is 9.59 Å². The normalized spacial score (nSPS) is 32.7. The Bertz CT molecular complexity index is 280. The van der Waals surface area contributed by atoms with Crippen molar-refractivity contribution in [3.05, 3.63) is 0 Å². The second-order valence-corrected chi connectivity index (χ2v) is 3.42. The molecule has 2 saturated heterocycles. The van der Waals surface area contributed by atoms with Gasteiger partial charge >= 0.3 is 12.1 Å². The fourth-order valence-corrected chi connectivity index (χ4v) is 1.88. The van der Waals surface area contributed by atoms with Gasteiger partial charge in [-0.1, -0.05) is 0 Å². The predicted molar refractivity (Wildman–Crippen MR) is 44.8 cm³/mol. The van der Waals surface area contributed by atoms with Crippen LogP contribution in [-0.2, 0) is 0 Å². The summed E-state index contributed by atoms with van der Waals surface area (Å²) in [5.74, 6) is 0. The third kappa shape index (κ3) is 0.824. The SMILES string of the molecule is CN1C(=O)N[C@H]2[C@H]1N(C)C(=O)N2C. The maximum Gasteiger partial charge on any atom is 0.323 e. The second-order valence-electron chi connectivity index (χ2n) is 3.42. The van der Waals surface area contributed by atoms with Crippen molar-refractivity contribution < 1.29 is 9.59 Å². The van der Waals surface area contributed by atoms with E-state index in [-0.39, 0.29) is 24.4 Å². The van der Waals surface area contributed by atoms with Gasteiger partial charge < -0.3 is 20.0 Å². The monoisotopic (exact) mass is 184 g/mol. The summed E-state index contributed by atoms with van der Waals surface area (Å²) in [6.45, 7) is 0. The summed E-state index contributed by atoms with van der Waals surface area (Å²) in [5.41, 5.74) is 0. The Balaban J connectivity index is 2.32. The Labute approximate surface area is 76.1 Å². The van der Waals surface area contributed by atoms with Crippen molar-refractivity contribution in [1.29, 1.82) is 0 Å². The fraction of sp³-hybridized carbons (Fsp3) is 0.714. The van der Waals surface area contributed by atoms with Crippen LogP contribution in [0.3, 0.4) is 0 Å². The number of nitrogens with one attached hydrogen (secondary N) is 1. The van der Waals surface area contributed by atoms with E-state index in [1.807, 2.05) is 0 Å². The molecule has 1 N–H and O–H groups in total. The van der Waals surface area contributed by atoms with Gasteiger partial charge in [0.15, 0.2) is 0 Å². The molecule has 0 unspecified atom stereocenters. The second kappa shape index (κ2) is 2.27. The Morgan fingerprint density at radius 2 is 1.69 bits per heavy atom. The molecule has 0 bridgehead atoms. The van der Waals surface area contributed by atoms with E-state index in [0.717, 1.165) is 0 Å². The highest BCUT2D eigenvalue weighted by Gasteiger charge is 2.50. The van der Waals surface area contributed by atoms with E-state index in [1.165, 1.54) is 9.80 Å². The number of hydrogen-bond donors (Lipinski definition) is 1. The molecule has 0 aromatic carbocycles. The van der Waals surface area contributed by atoms with Crippen LogP contribution in [0.4, 0.5) is 9.59 Å². The van der Waals surface area contributed by atoms with Gasteiger partial charge in [-0.05, 0) is 0 Å². The van der Waals surface area contributed by atoms with E-state index in [4.69, 9.17) is 0 Å². The van der Waals surface area contributed by atoms with E-state index in [0.29, 0.717) is 0 Å². The summed E-state index contributed by atoms with van der Waals surface area (Å²) in [6, 6.07) is -0.206. The molecule has 2 aliphatic rings. The molecule has 72 valence electrons. The molecule has 2 heterocycles. The van der Waals surface area contributed by atoms with Gasteiger partial charge in [0.25, 0.3) is 0 Å². The van der Waals surface area contributed by atoms with Gasteiger partial charge in [-0.25, -0.2) is 9.59 Å². The molecule has 0 spiro atoms. The first-order valence-corrected chi connectivity index (χ1v) is 4.07. The van der Waals surface area contributed by atoms with Crippen LogP contribution in [0.15, 0.2) is 0 Å². The summed E-state index contributed by atoms with van der Waals surface area (Å²) in [4.78, 5) is 27.3. The van der Waals surface area contributed by atoms with Gasteiger partial charge in [0, 0.05) is 21.1 Å². The molecule has 2 rings (SSSR count). The number of carbonyl (C=O) groups is 2. The molecule has 0 aromatic rings. The predicted octanol–water partition coefficient (Wildman–Crippen LogP) is -0.709. The third-order valence-electron chi connectivity index (χ3n) is 2.69. The molecule has 2 aliphatic heterocycles.